The second-order valence-electron chi connectivity index (χ2n) is 6.79. The second kappa shape index (κ2) is 7.85. The van der Waals surface area contributed by atoms with Crippen molar-refractivity contribution >= 4 is 17.5 Å². The third kappa shape index (κ3) is 3.36. The monoisotopic (exact) mass is 415 g/mol. The number of H-pyrrole nitrogens is 1. The molecule has 0 radical (unpaired) electrons. The molecule has 8 heteroatoms. The van der Waals surface area contributed by atoms with Crippen LogP contribution in [-0.4, -0.2) is 46.4 Å². The average molecular weight is 416 g/mol. The van der Waals surface area contributed by atoms with Gasteiger partial charge in [0.2, 0.25) is 0 Å². The van der Waals surface area contributed by atoms with Crippen molar-refractivity contribution < 1.29 is 19.0 Å². The number of benzene rings is 2. The van der Waals surface area contributed by atoms with Gasteiger partial charge in [0.25, 0.3) is 5.91 Å². The largest absolute Gasteiger partial charge is 0.507 e. The molecule has 1 aromatic heterocycles. The smallest absolute Gasteiger partial charge is 0.273 e. The first kappa shape index (κ1) is 19.4. The zero-order chi connectivity index (χ0) is 20.5. The first-order valence-corrected chi connectivity index (χ1v) is 9.52. The summed E-state index contributed by atoms with van der Waals surface area (Å²) >= 11 is 6.10. The Labute approximate surface area is 171 Å². The molecule has 0 fully saturated rings. The van der Waals surface area contributed by atoms with Gasteiger partial charge in [-0.1, -0.05) is 29.8 Å². The maximum absolute atomic E-state index is 14.7. The topological polar surface area (TPSA) is 78.5 Å². The second-order valence-corrected chi connectivity index (χ2v) is 7.23. The summed E-state index contributed by atoms with van der Waals surface area (Å²) in [5.41, 5.74) is 1.92. The molecule has 0 bridgehead atoms. The summed E-state index contributed by atoms with van der Waals surface area (Å²) < 4.78 is 19.8. The van der Waals surface area contributed by atoms with Gasteiger partial charge in [0, 0.05) is 42.0 Å². The summed E-state index contributed by atoms with van der Waals surface area (Å²) in [5, 5.41) is 17.8. The van der Waals surface area contributed by atoms with Crippen molar-refractivity contribution in [1.82, 2.24) is 15.1 Å². The van der Waals surface area contributed by atoms with Gasteiger partial charge in [-0.15, -0.1) is 0 Å². The maximum Gasteiger partial charge on any atom is 0.273 e. The average Bonchev–Trinajstić information content (AvgIpc) is 3.24. The van der Waals surface area contributed by atoms with Gasteiger partial charge in [0.05, 0.1) is 6.04 Å². The van der Waals surface area contributed by atoms with Gasteiger partial charge in [-0.2, -0.15) is 5.10 Å². The summed E-state index contributed by atoms with van der Waals surface area (Å²) in [6.07, 6.45) is 0.600. The molecular weight excluding hydrogens is 397 g/mol. The van der Waals surface area contributed by atoms with Crippen molar-refractivity contribution in [1.29, 1.82) is 0 Å². The fourth-order valence-corrected chi connectivity index (χ4v) is 3.90. The number of hydrogen-bond acceptors (Lipinski definition) is 4. The first-order valence-electron chi connectivity index (χ1n) is 9.14. The van der Waals surface area contributed by atoms with Crippen LogP contribution in [-0.2, 0) is 4.74 Å². The summed E-state index contributed by atoms with van der Waals surface area (Å²) in [7, 11) is 1.59. The van der Waals surface area contributed by atoms with Crippen LogP contribution >= 0.6 is 11.6 Å². The van der Waals surface area contributed by atoms with Crippen LogP contribution in [0.2, 0.25) is 5.02 Å². The van der Waals surface area contributed by atoms with Crippen molar-refractivity contribution in [3.8, 4) is 17.0 Å². The molecule has 0 saturated carbocycles. The minimum absolute atomic E-state index is 0.0266. The highest BCUT2D eigenvalue weighted by Gasteiger charge is 2.43. The zero-order valence-corrected chi connectivity index (χ0v) is 16.4. The molecule has 4 rings (SSSR count). The van der Waals surface area contributed by atoms with E-state index in [4.69, 9.17) is 16.3 Å². The minimum atomic E-state index is -0.678. The molecule has 1 aliphatic heterocycles. The Hall–Kier alpha value is -2.90. The number of halogens is 2. The third-order valence-electron chi connectivity index (χ3n) is 5.02. The maximum atomic E-state index is 14.7. The number of amides is 1. The highest BCUT2D eigenvalue weighted by Crippen LogP contribution is 2.45. The van der Waals surface area contributed by atoms with E-state index in [2.05, 4.69) is 10.2 Å². The number of hydrogen-bond donors (Lipinski definition) is 2. The normalized spacial score (nSPS) is 15.8. The quantitative estimate of drug-likeness (QED) is 0.592. The molecule has 1 atom stereocenters. The van der Waals surface area contributed by atoms with Gasteiger partial charge in [0.15, 0.2) is 0 Å². The number of aromatic amines is 1. The molecule has 2 heterocycles. The van der Waals surface area contributed by atoms with Crippen LogP contribution in [0.25, 0.3) is 11.3 Å². The number of phenolic OH excluding ortho intramolecular Hbond substituents is 1. The molecule has 3 aromatic rings. The first-order chi connectivity index (χ1) is 14.0. The number of aromatic nitrogens is 2. The van der Waals surface area contributed by atoms with Crippen LogP contribution < -0.4 is 0 Å². The van der Waals surface area contributed by atoms with Crippen LogP contribution in [0.1, 0.15) is 34.1 Å². The third-order valence-corrected chi connectivity index (χ3v) is 5.26. The van der Waals surface area contributed by atoms with E-state index in [1.807, 2.05) is 0 Å². The van der Waals surface area contributed by atoms with E-state index in [9.17, 15) is 14.3 Å². The molecule has 1 aliphatic rings. The number of nitrogens with one attached hydrogen (secondary N) is 1. The molecular formula is C21H19ClFN3O3. The lowest BCUT2D eigenvalue weighted by Crippen LogP contribution is -2.31. The van der Waals surface area contributed by atoms with Gasteiger partial charge in [-0.3, -0.25) is 9.89 Å². The van der Waals surface area contributed by atoms with Gasteiger partial charge in [-0.05, 0) is 30.7 Å². The number of rotatable bonds is 6. The van der Waals surface area contributed by atoms with E-state index in [0.29, 0.717) is 47.0 Å². The highest BCUT2D eigenvalue weighted by molar-refractivity contribution is 6.31. The van der Waals surface area contributed by atoms with E-state index < -0.39 is 11.9 Å². The molecule has 0 saturated heterocycles. The van der Waals surface area contributed by atoms with Crippen LogP contribution in [0.3, 0.4) is 0 Å². The predicted molar refractivity (Wildman–Crippen MR) is 106 cm³/mol. The molecule has 1 amide bonds. The Bertz CT molecular complexity index is 1070. The van der Waals surface area contributed by atoms with E-state index in [0.717, 1.165) is 0 Å². The Morgan fingerprint density at radius 3 is 2.86 bits per heavy atom. The van der Waals surface area contributed by atoms with Crippen LogP contribution in [0.5, 0.6) is 5.75 Å². The van der Waals surface area contributed by atoms with Crippen molar-refractivity contribution in [3.63, 3.8) is 0 Å². The minimum Gasteiger partial charge on any atom is -0.507 e. The summed E-state index contributed by atoms with van der Waals surface area (Å²) in [4.78, 5) is 14.7. The fourth-order valence-electron chi connectivity index (χ4n) is 3.73. The van der Waals surface area contributed by atoms with Gasteiger partial charge < -0.3 is 14.7 Å². The highest BCUT2D eigenvalue weighted by atomic mass is 35.5. The van der Waals surface area contributed by atoms with Crippen molar-refractivity contribution in [2.45, 2.75) is 12.5 Å². The molecule has 29 heavy (non-hydrogen) atoms. The van der Waals surface area contributed by atoms with Gasteiger partial charge >= 0.3 is 0 Å². The van der Waals surface area contributed by atoms with E-state index >= 15 is 0 Å². The number of methoxy groups -OCH3 is 1. The van der Waals surface area contributed by atoms with E-state index in [1.54, 1.807) is 42.3 Å². The Morgan fingerprint density at radius 2 is 2.10 bits per heavy atom. The number of nitrogens with zero attached hydrogens (tertiary/aromatic N) is 2. The summed E-state index contributed by atoms with van der Waals surface area (Å²) in [6, 6.07) is 10.3. The Kier molecular flexibility index (Phi) is 5.25. The lowest BCUT2D eigenvalue weighted by molar-refractivity contribution is 0.0721. The predicted octanol–water partition coefficient (Wildman–Crippen LogP) is 4.16. The van der Waals surface area contributed by atoms with Crippen LogP contribution in [0, 0.1) is 5.82 Å². The van der Waals surface area contributed by atoms with Crippen molar-refractivity contribution in [2.24, 2.45) is 0 Å². The lowest BCUT2D eigenvalue weighted by atomic mass is 9.95. The Balaban J connectivity index is 1.88. The molecule has 6 nitrogen and oxygen atoms in total. The number of fused-ring (bicyclic) bond motifs is 1. The van der Waals surface area contributed by atoms with Gasteiger partial charge in [0.1, 0.15) is 23.0 Å². The van der Waals surface area contributed by atoms with Crippen LogP contribution in [0.4, 0.5) is 4.39 Å². The number of phenols is 1. The van der Waals surface area contributed by atoms with Crippen LogP contribution in [0.15, 0.2) is 42.5 Å². The summed E-state index contributed by atoms with van der Waals surface area (Å²) in [5.74, 6) is -0.719. The number of ether oxygens (including phenoxy) is 1. The molecule has 0 spiro atoms. The molecule has 150 valence electrons. The zero-order valence-electron chi connectivity index (χ0n) is 15.7. The summed E-state index contributed by atoms with van der Waals surface area (Å²) in [6.45, 7) is 0.858. The molecule has 0 aliphatic carbocycles. The standard InChI is InChI=1S/C21H19ClFN3O3/c1-29-10-4-9-26-20(13-5-2-3-6-15(13)23)17-18(24-25-19(17)21(26)28)14-11-12(22)7-8-16(14)27/h2-3,5-8,11,20,27H,4,9-10H2,1H3,(H,24,25). The fraction of sp³-hybridized carbons (Fsp3) is 0.238. The molecule has 2 aromatic carbocycles. The lowest BCUT2D eigenvalue weighted by Gasteiger charge is -2.26. The van der Waals surface area contributed by atoms with Crippen molar-refractivity contribution in [3.05, 3.63) is 70.1 Å². The molecule has 1 unspecified atom stereocenters. The number of carbonyl (C=O) groups is 1. The number of carbonyl (C=O) groups excluding carboxylic acids is 1. The SMILES string of the molecule is COCCCN1C(=O)c2[nH]nc(-c3cc(Cl)ccc3O)c2C1c1ccccc1F. The van der Waals surface area contributed by atoms with E-state index in [-0.39, 0.29) is 17.4 Å². The Morgan fingerprint density at radius 1 is 1.31 bits per heavy atom. The van der Waals surface area contributed by atoms with E-state index in [1.165, 1.54) is 12.1 Å². The molecule has 2 N–H and O–H groups in total. The van der Waals surface area contributed by atoms with Gasteiger partial charge in [-0.25, -0.2) is 4.39 Å². The van der Waals surface area contributed by atoms with Crippen molar-refractivity contribution in [2.75, 3.05) is 20.3 Å². The number of aromatic hydroxyl groups is 1.